The standard InChI is InChI=1S/C20H42O2S/c1-3-5-6-7-8-9-10-11-12-13-14-15-16-17-18-19-20(4-2)23(21)22/h20H,3-19H2,1-2H3,(H,21,22). The first-order valence-electron chi connectivity index (χ1n) is 10.3. The molecule has 1 N–H and O–H groups in total. The van der Waals surface area contributed by atoms with Crippen molar-refractivity contribution in [2.75, 3.05) is 0 Å². The summed E-state index contributed by atoms with van der Waals surface area (Å²) in [7, 11) is 0. The number of unbranched alkanes of at least 4 members (excludes halogenated alkanes) is 14. The quantitative estimate of drug-likeness (QED) is 0.210. The van der Waals surface area contributed by atoms with E-state index in [4.69, 9.17) is 4.55 Å². The lowest BCUT2D eigenvalue weighted by Gasteiger charge is -2.09. The van der Waals surface area contributed by atoms with Crippen LogP contribution in [0.5, 0.6) is 0 Å². The summed E-state index contributed by atoms with van der Waals surface area (Å²) in [6, 6.07) is 0. The van der Waals surface area contributed by atoms with Gasteiger partial charge in [0.2, 0.25) is 0 Å². The van der Waals surface area contributed by atoms with E-state index in [1.807, 2.05) is 6.92 Å². The fourth-order valence-corrected chi connectivity index (χ4v) is 3.84. The van der Waals surface area contributed by atoms with Crippen molar-refractivity contribution in [2.24, 2.45) is 0 Å². The molecule has 2 nitrogen and oxygen atoms in total. The van der Waals surface area contributed by atoms with E-state index in [-0.39, 0.29) is 5.25 Å². The molecular weight excluding hydrogens is 304 g/mol. The van der Waals surface area contributed by atoms with Crippen LogP contribution >= 0.6 is 0 Å². The number of hydrogen-bond donors (Lipinski definition) is 1. The first kappa shape index (κ1) is 23.1. The molecule has 0 bridgehead atoms. The van der Waals surface area contributed by atoms with E-state index >= 15 is 0 Å². The molecule has 3 heteroatoms. The van der Waals surface area contributed by atoms with Crippen molar-refractivity contribution in [3.8, 4) is 0 Å². The Morgan fingerprint density at radius 3 is 1.30 bits per heavy atom. The smallest absolute Gasteiger partial charge is 0.155 e. The molecule has 0 rings (SSSR count). The molecular formula is C20H42O2S. The van der Waals surface area contributed by atoms with Crippen LogP contribution in [0.3, 0.4) is 0 Å². The van der Waals surface area contributed by atoms with Gasteiger partial charge in [-0.15, -0.1) is 0 Å². The van der Waals surface area contributed by atoms with Gasteiger partial charge in [0.1, 0.15) is 0 Å². The second-order valence-electron chi connectivity index (χ2n) is 7.04. The van der Waals surface area contributed by atoms with Crippen LogP contribution in [0.4, 0.5) is 0 Å². The van der Waals surface area contributed by atoms with Crippen molar-refractivity contribution < 1.29 is 8.76 Å². The summed E-state index contributed by atoms with van der Waals surface area (Å²) in [6.45, 7) is 4.28. The van der Waals surface area contributed by atoms with Gasteiger partial charge in [0.05, 0.1) is 5.25 Å². The van der Waals surface area contributed by atoms with Gasteiger partial charge in [0, 0.05) is 0 Å². The summed E-state index contributed by atoms with van der Waals surface area (Å²) in [6.07, 6.45) is 22.3. The Morgan fingerprint density at radius 1 is 0.652 bits per heavy atom. The Balaban J connectivity index is 3.12. The predicted molar refractivity (Wildman–Crippen MR) is 104 cm³/mol. The Kier molecular flexibility index (Phi) is 18.5. The average molecular weight is 347 g/mol. The maximum atomic E-state index is 11.0. The van der Waals surface area contributed by atoms with E-state index in [0.717, 1.165) is 19.3 Å². The molecule has 23 heavy (non-hydrogen) atoms. The lowest BCUT2D eigenvalue weighted by atomic mass is 10.0. The highest BCUT2D eigenvalue weighted by atomic mass is 32.2. The maximum Gasteiger partial charge on any atom is 0.155 e. The van der Waals surface area contributed by atoms with Gasteiger partial charge in [-0.25, -0.2) is 4.21 Å². The Labute approximate surface area is 148 Å². The Morgan fingerprint density at radius 2 is 1.00 bits per heavy atom. The Hall–Kier alpha value is 0.110. The van der Waals surface area contributed by atoms with Crippen LogP contribution in [-0.4, -0.2) is 14.0 Å². The van der Waals surface area contributed by atoms with Crippen LogP contribution in [0, 0.1) is 0 Å². The zero-order valence-corrected chi connectivity index (χ0v) is 16.7. The topological polar surface area (TPSA) is 37.3 Å². The average Bonchev–Trinajstić information content (AvgIpc) is 2.54. The second kappa shape index (κ2) is 18.4. The van der Waals surface area contributed by atoms with Gasteiger partial charge < -0.3 is 4.55 Å². The molecule has 0 aliphatic carbocycles. The molecule has 0 spiro atoms. The highest BCUT2D eigenvalue weighted by Gasteiger charge is 2.11. The molecule has 0 heterocycles. The summed E-state index contributed by atoms with van der Waals surface area (Å²) in [5, 5.41) is -0.00280. The summed E-state index contributed by atoms with van der Waals surface area (Å²) < 4.78 is 20.1. The van der Waals surface area contributed by atoms with Gasteiger partial charge in [-0.1, -0.05) is 110 Å². The normalized spacial score (nSPS) is 14.0. The SMILES string of the molecule is CCCCCCCCCCCCCCCCCC(CC)S(=O)O. The molecule has 0 saturated heterocycles. The van der Waals surface area contributed by atoms with E-state index in [9.17, 15) is 4.21 Å². The summed E-state index contributed by atoms with van der Waals surface area (Å²) >= 11 is -1.62. The number of hydrogen-bond acceptors (Lipinski definition) is 1. The minimum atomic E-state index is -1.62. The van der Waals surface area contributed by atoms with E-state index < -0.39 is 11.1 Å². The van der Waals surface area contributed by atoms with Gasteiger partial charge in [0.25, 0.3) is 0 Å². The zero-order chi connectivity index (χ0) is 17.2. The third-order valence-corrected chi connectivity index (χ3v) is 6.01. The predicted octanol–water partition coefficient (Wildman–Crippen LogP) is 7.25. The first-order chi connectivity index (χ1) is 11.2. The lowest BCUT2D eigenvalue weighted by molar-refractivity contribution is 0.511. The zero-order valence-electron chi connectivity index (χ0n) is 15.9. The highest BCUT2D eigenvalue weighted by molar-refractivity contribution is 7.79. The molecule has 0 aromatic carbocycles. The van der Waals surface area contributed by atoms with Crippen molar-refractivity contribution in [3.63, 3.8) is 0 Å². The van der Waals surface area contributed by atoms with Crippen LogP contribution < -0.4 is 0 Å². The maximum absolute atomic E-state index is 11.0. The molecule has 140 valence electrons. The van der Waals surface area contributed by atoms with Crippen molar-refractivity contribution >= 4 is 11.1 Å². The summed E-state index contributed by atoms with van der Waals surface area (Å²) in [5.41, 5.74) is 0. The number of rotatable bonds is 18. The fraction of sp³-hybridized carbons (Fsp3) is 1.00. The van der Waals surface area contributed by atoms with Crippen LogP contribution in [0.15, 0.2) is 0 Å². The highest BCUT2D eigenvalue weighted by Crippen LogP contribution is 2.15. The fourth-order valence-electron chi connectivity index (χ4n) is 3.19. The van der Waals surface area contributed by atoms with Crippen molar-refractivity contribution in [1.82, 2.24) is 0 Å². The molecule has 0 aliphatic rings. The van der Waals surface area contributed by atoms with E-state index in [2.05, 4.69) is 6.92 Å². The lowest BCUT2D eigenvalue weighted by Crippen LogP contribution is -2.12. The van der Waals surface area contributed by atoms with E-state index in [1.54, 1.807) is 0 Å². The molecule has 0 amide bonds. The van der Waals surface area contributed by atoms with Gasteiger partial charge >= 0.3 is 0 Å². The van der Waals surface area contributed by atoms with Crippen LogP contribution in [-0.2, 0) is 11.1 Å². The second-order valence-corrected chi connectivity index (χ2v) is 8.26. The molecule has 0 aliphatic heterocycles. The van der Waals surface area contributed by atoms with E-state index in [1.165, 1.54) is 89.9 Å². The van der Waals surface area contributed by atoms with Gasteiger partial charge in [-0.2, -0.15) is 0 Å². The van der Waals surface area contributed by atoms with Crippen LogP contribution in [0.25, 0.3) is 0 Å². The third-order valence-electron chi connectivity index (χ3n) is 4.87. The van der Waals surface area contributed by atoms with Crippen LogP contribution in [0.1, 0.15) is 123 Å². The largest absolute Gasteiger partial charge is 0.306 e. The van der Waals surface area contributed by atoms with Gasteiger partial charge in [0.15, 0.2) is 11.1 Å². The van der Waals surface area contributed by atoms with E-state index in [0.29, 0.717) is 0 Å². The van der Waals surface area contributed by atoms with Crippen LogP contribution in [0.2, 0.25) is 0 Å². The molecule has 2 atom stereocenters. The third kappa shape index (κ3) is 16.7. The van der Waals surface area contributed by atoms with Gasteiger partial charge in [-0.05, 0) is 12.8 Å². The van der Waals surface area contributed by atoms with Gasteiger partial charge in [-0.3, -0.25) is 0 Å². The van der Waals surface area contributed by atoms with Crippen molar-refractivity contribution in [1.29, 1.82) is 0 Å². The minimum Gasteiger partial charge on any atom is -0.306 e. The summed E-state index contributed by atoms with van der Waals surface area (Å²) in [5.74, 6) is 0. The molecule has 0 aromatic rings. The molecule has 0 saturated carbocycles. The molecule has 0 fully saturated rings. The molecule has 0 radical (unpaired) electrons. The first-order valence-corrected chi connectivity index (χ1v) is 11.5. The van der Waals surface area contributed by atoms with Crippen molar-refractivity contribution in [2.45, 2.75) is 128 Å². The summed E-state index contributed by atoms with van der Waals surface area (Å²) in [4.78, 5) is 0. The Bertz CT molecular complexity index is 256. The molecule has 0 aromatic heterocycles. The molecule has 2 unspecified atom stereocenters. The minimum absolute atomic E-state index is 0.00280. The van der Waals surface area contributed by atoms with Crippen molar-refractivity contribution in [3.05, 3.63) is 0 Å². The monoisotopic (exact) mass is 346 g/mol.